The number of benzene rings is 2. The molecule has 3 amide bonds. The molecule has 5 rings (SSSR count). The molecule has 1 atom stereocenters. The number of nitriles is 1. The zero-order valence-corrected chi connectivity index (χ0v) is 24.2. The van der Waals surface area contributed by atoms with Gasteiger partial charge in [-0.3, -0.25) is 14.4 Å². The first-order valence-electron chi connectivity index (χ1n) is 14.3. The number of amides is 3. The molecule has 1 fully saturated rings. The minimum Gasteiger partial charge on any atom is -0.355 e. The molecule has 1 aromatic heterocycles. The summed E-state index contributed by atoms with van der Waals surface area (Å²) in [5.41, 5.74) is 4.34. The average molecular weight is 569 g/mol. The van der Waals surface area contributed by atoms with Gasteiger partial charge in [-0.1, -0.05) is 12.1 Å². The lowest BCUT2D eigenvalue weighted by Gasteiger charge is -2.35. The molecule has 2 aliphatic rings. The monoisotopic (exact) mass is 568 g/mol. The van der Waals surface area contributed by atoms with Gasteiger partial charge in [-0.05, 0) is 92.1 Å². The second kappa shape index (κ2) is 12.1. The summed E-state index contributed by atoms with van der Waals surface area (Å²) < 4.78 is 0. The predicted octanol–water partition coefficient (Wildman–Crippen LogP) is 1.76. The summed E-state index contributed by atoms with van der Waals surface area (Å²) in [5, 5.41) is 27.1. The number of nitrogens with one attached hydrogen (secondary N) is 4. The highest BCUT2D eigenvalue weighted by Crippen LogP contribution is 2.46. The van der Waals surface area contributed by atoms with Gasteiger partial charge in [-0.2, -0.15) is 5.26 Å². The van der Waals surface area contributed by atoms with Gasteiger partial charge in [0.25, 0.3) is 11.8 Å². The second-order valence-electron chi connectivity index (χ2n) is 10.9. The summed E-state index contributed by atoms with van der Waals surface area (Å²) in [6, 6.07) is 13.4. The quantitative estimate of drug-likeness (QED) is 0.302. The van der Waals surface area contributed by atoms with Gasteiger partial charge in [0.1, 0.15) is 17.7 Å². The molecule has 0 spiro atoms. The van der Waals surface area contributed by atoms with E-state index in [-0.39, 0.29) is 30.3 Å². The Labute approximate surface area is 245 Å². The molecule has 4 N–H and O–H groups in total. The van der Waals surface area contributed by atoms with E-state index in [9.17, 15) is 19.6 Å². The molecule has 0 saturated carbocycles. The number of nitrogens with zero attached hydrogens (tertiary/aromatic N) is 4. The number of hydrogen-bond acceptors (Lipinski definition) is 7. The third kappa shape index (κ3) is 5.25. The minimum atomic E-state index is -0.802. The van der Waals surface area contributed by atoms with Crippen LogP contribution >= 0.6 is 0 Å². The second-order valence-corrected chi connectivity index (χ2v) is 10.9. The van der Waals surface area contributed by atoms with E-state index in [1.54, 1.807) is 19.0 Å². The Hall–Kier alpha value is -4.56. The maximum Gasteiger partial charge on any atom is 0.251 e. The predicted molar refractivity (Wildman–Crippen MR) is 156 cm³/mol. The van der Waals surface area contributed by atoms with E-state index in [1.165, 1.54) is 0 Å². The van der Waals surface area contributed by atoms with Gasteiger partial charge in [0.2, 0.25) is 5.91 Å². The number of H-pyrrole nitrogens is 1. The van der Waals surface area contributed by atoms with Crippen LogP contribution in [0.25, 0.3) is 0 Å². The summed E-state index contributed by atoms with van der Waals surface area (Å²) in [4.78, 5) is 43.1. The van der Waals surface area contributed by atoms with Crippen LogP contribution in [0, 0.1) is 18.3 Å². The third-order valence-corrected chi connectivity index (χ3v) is 8.45. The van der Waals surface area contributed by atoms with Crippen LogP contribution in [0.15, 0.2) is 36.4 Å². The van der Waals surface area contributed by atoms with Crippen molar-refractivity contribution in [1.29, 1.82) is 5.26 Å². The fraction of sp³-hybridized carbons (Fsp3) is 0.419. The molecule has 2 heterocycles. The van der Waals surface area contributed by atoms with E-state index in [1.807, 2.05) is 43.3 Å². The van der Waals surface area contributed by atoms with Gasteiger partial charge in [0, 0.05) is 31.8 Å². The highest BCUT2D eigenvalue weighted by atomic mass is 16.2. The highest BCUT2D eigenvalue weighted by Gasteiger charge is 2.44. The summed E-state index contributed by atoms with van der Waals surface area (Å²) >= 11 is 0. The van der Waals surface area contributed by atoms with Gasteiger partial charge in [0.15, 0.2) is 0 Å². The van der Waals surface area contributed by atoms with E-state index < -0.39 is 5.41 Å². The van der Waals surface area contributed by atoms with Gasteiger partial charge < -0.3 is 25.8 Å². The average Bonchev–Trinajstić information content (AvgIpc) is 3.66. The number of fused-ring (bicyclic) bond motifs is 2. The number of aromatic amines is 1. The Kier molecular flexibility index (Phi) is 8.36. The molecule has 218 valence electrons. The van der Waals surface area contributed by atoms with Gasteiger partial charge in [-0.15, -0.1) is 10.2 Å². The molecule has 42 heavy (non-hydrogen) atoms. The molecule has 1 aliphatic heterocycles. The van der Waals surface area contributed by atoms with Crippen molar-refractivity contribution in [1.82, 2.24) is 36.0 Å². The first kappa shape index (κ1) is 29.0. The Morgan fingerprint density at radius 1 is 1.02 bits per heavy atom. The molecule has 0 radical (unpaired) electrons. The molecular weight excluding hydrogens is 532 g/mol. The minimum absolute atomic E-state index is 0.0873. The number of rotatable bonds is 8. The molecule has 11 heteroatoms. The van der Waals surface area contributed by atoms with Crippen molar-refractivity contribution in [2.24, 2.45) is 0 Å². The van der Waals surface area contributed by atoms with Crippen molar-refractivity contribution in [2.75, 3.05) is 33.7 Å². The van der Waals surface area contributed by atoms with E-state index >= 15 is 0 Å². The normalized spacial score (nSPS) is 17.0. The molecule has 0 bridgehead atoms. The van der Waals surface area contributed by atoms with Gasteiger partial charge in [0.05, 0.1) is 18.0 Å². The first-order valence-corrected chi connectivity index (χ1v) is 14.3. The van der Waals surface area contributed by atoms with Crippen molar-refractivity contribution < 1.29 is 14.4 Å². The lowest BCUT2D eigenvalue weighted by atomic mass is 9.69. The van der Waals surface area contributed by atoms with Crippen LogP contribution < -0.4 is 16.0 Å². The lowest BCUT2D eigenvalue weighted by Crippen LogP contribution is -2.42. The number of hydrogen-bond donors (Lipinski definition) is 4. The number of likely N-dealkylation sites (tertiary alicyclic amines) is 1. The topological polar surface area (TPSA) is 156 Å². The van der Waals surface area contributed by atoms with Crippen LogP contribution in [0.5, 0.6) is 0 Å². The van der Waals surface area contributed by atoms with Crippen molar-refractivity contribution in [3.63, 3.8) is 0 Å². The maximum atomic E-state index is 12.9. The molecule has 1 unspecified atom stereocenters. The fourth-order valence-electron chi connectivity index (χ4n) is 6.37. The molecule has 1 aliphatic carbocycles. The summed E-state index contributed by atoms with van der Waals surface area (Å²) in [7, 11) is 3.22. The van der Waals surface area contributed by atoms with Crippen molar-refractivity contribution >= 4 is 17.7 Å². The van der Waals surface area contributed by atoms with Crippen LogP contribution in [-0.2, 0) is 23.1 Å². The van der Waals surface area contributed by atoms with Crippen molar-refractivity contribution in [2.45, 2.75) is 50.5 Å². The van der Waals surface area contributed by atoms with Crippen molar-refractivity contribution in [3.05, 3.63) is 81.4 Å². The van der Waals surface area contributed by atoms with Crippen LogP contribution in [0.4, 0.5) is 0 Å². The molecule has 1 saturated heterocycles. The summed E-state index contributed by atoms with van der Waals surface area (Å²) in [6.45, 7) is 3.03. The highest BCUT2D eigenvalue weighted by molar-refractivity contribution is 5.95. The lowest BCUT2D eigenvalue weighted by molar-refractivity contribution is -0.130. The van der Waals surface area contributed by atoms with E-state index in [4.69, 9.17) is 0 Å². The van der Waals surface area contributed by atoms with Gasteiger partial charge in [-0.25, -0.2) is 0 Å². The Bertz CT molecular complexity index is 1490. The Morgan fingerprint density at radius 2 is 1.64 bits per heavy atom. The SMILES string of the molecule is CNC(=O)c1ccc2c(c1)CCc1cc(C(=O)NC)ccc1C2(CCNCC(=O)N1CCCC1C#N)c1nnc(C)[nH]1. The summed E-state index contributed by atoms with van der Waals surface area (Å²) in [5.74, 6) is 0.902. The van der Waals surface area contributed by atoms with Crippen LogP contribution in [-0.4, -0.2) is 77.6 Å². The third-order valence-electron chi connectivity index (χ3n) is 8.45. The summed E-state index contributed by atoms with van der Waals surface area (Å²) in [6.07, 6.45) is 3.39. The first-order chi connectivity index (χ1) is 20.3. The molecular formula is C31H36N8O3. The number of carbonyl (C=O) groups excluding carboxylic acids is 3. The molecule has 3 aromatic rings. The number of aromatic nitrogens is 3. The molecule has 11 nitrogen and oxygen atoms in total. The van der Waals surface area contributed by atoms with E-state index in [0.717, 1.165) is 28.7 Å². The largest absolute Gasteiger partial charge is 0.355 e. The molecule has 2 aromatic carbocycles. The van der Waals surface area contributed by atoms with E-state index in [2.05, 4.69) is 37.2 Å². The Morgan fingerprint density at radius 3 is 2.17 bits per heavy atom. The van der Waals surface area contributed by atoms with Crippen molar-refractivity contribution in [3.8, 4) is 6.07 Å². The number of carbonyl (C=O) groups is 3. The zero-order chi connectivity index (χ0) is 29.9. The van der Waals surface area contributed by atoms with Crippen LogP contribution in [0.1, 0.15) is 73.9 Å². The van der Waals surface area contributed by atoms with Gasteiger partial charge >= 0.3 is 0 Å². The van der Waals surface area contributed by atoms with Crippen LogP contribution in [0.3, 0.4) is 0 Å². The standard InChI is InChI=1S/C31H36N8O3/c1-19-36-30(38-37-19)31(12-13-35-18-27(40)39-14-4-5-24(39)17-32)25-10-8-22(28(41)33-2)15-20(25)6-7-21-16-23(29(42)34-3)9-11-26(21)31/h8-11,15-16,24,35H,4-7,12-14,18H2,1-3H3,(H,33,41)(H,34,42)(H,36,37,38). The Balaban J connectivity index is 1.58. The smallest absolute Gasteiger partial charge is 0.251 e. The van der Waals surface area contributed by atoms with Crippen LogP contribution in [0.2, 0.25) is 0 Å². The maximum absolute atomic E-state index is 12.9. The fourth-order valence-corrected chi connectivity index (χ4v) is 6.37. The van der Waals surface area contributed by atoms with E-state index in [0.29, 0.717) is 61.5 Å². The zero-order valence-electron chi connectivity index (χ0n) is 24.2. The number of aryl methyl sites for hydroxylation is 3.